The molecule has 2 bridgehead atoms. The largest absolute Gasteiger partial charge is 0.368 e. The molecule has 1 heterocycles. The normalized spacial score (nSPS) is 30.0. The summed E-state index contributed by atoms with van der Waals surface area (Å²) in [5.41, 5.74) is 1.58. The SMILES string of the molecule is Cc1cc(Cl)c(N2CCN(C3CC4CCC(C4)C3)CC2)cc1S(C)(=O)=O. The van der Waals surface area contributed by atoms with Crippen molar-refractivity contribution in [3.8, 4) is 0 Å². The van der Waals surface area contributed by atoms with Crippen molar-refractivity contribution in [2.75, 3.05) is 37.3 Å². The van der Waals surface area contributed by atoms with Gasteiger partial charge < -0.3 is 4.90 Å². The highest BCUT2D eigenvalue weighted by molar-refractivity contribution is 7.90. The maximum Gasteiger partial charge on any atom is 0.175 e. The predicted octanol–water partition coefficient (Wildman–Crippen LogP) is 3.75. The third kappa shape index (κ3) is 3.63. The molecule has 0 spiro atoms. The maximum absolute atomic E-state index is 12.1. The molecule has 0 N–H and O–H groups in total. The van der Waals surface area contributed by atoms with Crippen LogP contribution in [0.5, 0.6) is 0 Å². The van der Waals surface area contributed by atoms with Gasteiger partial charge >= 0.3 is 0 Å². The van der Waals surface area contributed by atoms with Gasteiger partial charge in [0.05, 0.1) is 15.6 Å². The number of benzene rings is 1. The summed E-state index contributed by atoms with van der Waals surface area (Å²) < 4.78 is 24.1. The van der Waals surface area contributed by atoms with Crippen LogP contribution in [0.3, 0.4) is 0 Å². The average Bonchev–Trinajstić information content (AvgIpc) is 2.92. The zero-order chi connectivity index (χ0) is 18.5. The highest BCUT2D eigenvalue weighted by Gasteiger charge is 2.37. The molecule has 144 valence electrons. The van der Waals surface area contributed by atoms with E-state index in [9.17, 15) is 8.42 Å². The number of sulfone groups is 1. The Morgan fingerprint density at radius 2 is 1.62 bits per heavy atom. The summed E-state index contributed by atoms with van der Waals surface area (Å²) in [4.78, 5) is 5.31. The summed E-state index contributed by atoms with van der Waals surface area (Å²) in [7, 11) is -3.24. The smallest absolute Gasteiger partial charge is 0.175 e. The Hall–Kier alpha value is -0.780. The third-order valence-corrected chi connectivity index (χ3v) is 8.22. The Labute approximate surface area is 162 Å². The minimum Gasteiger partial charge on any atom is -0.368 e. The molecular formula is C20H29ClN2O2S. The fourth-order valence-electron chi connectivity index (χ4n) is 5.38. The van der Waals surface area contributed by atoms with Gasteiger partial charge in [-0.05, 0) is 55.7 Å². The molecule has 0 radical (unpaired) electrons. The van der Waals surface area contributed by atoms with Crippen LogP contribution in [0.25, 0.3) is 0 Å². The van der Waals surface area contributed by atoms with Crippen LogP contribution in [-0.4, -0.2) is 51.8 Å². The minimum absolute atomic E-state index is 0.392. The average molecular weight is 397 g/mol. The molecule has 1 aromatic carbocycles. The lowest BCUT2D eigenvalue weighted by atomic mass is 9.84. The van der Waals surface area contributed by atoms with Crippen LogP contribution in [-0.2, 0) is 9.84 Å². The van der Waals surface area contributed by atoms with Crippen molar-refractivity contribution in [2.24, 2.45) is 11.8 Å². The zero-order valence-electron chi connectivity index (χ0n) is 15.7. The summed E-state index contributed by atoms with van der Waals surface area (Å²) in [6, 6.07) is 4.31. The number of anilines is 1. The second-order valence-corrected chi connectivity index (χ2v) is 10.9. The van der Waals surface area contributed by atoms with E-state index in [0.29, 0.717) is 9.92 Å². The first-order chi connectivity index (χ1) is 12.3. The molecule has 26 heavy (non-hydrogen) atoms. The monoisotopic (exact) mass is 396 g/mol. The number of aryl methyl sites for hydroxylation is 1. The van der Waals surface area contributed by atoms with Gasteiger partial charge in [0.2, 0.25) is 0 Å². The van der Waals surface area contributed by atoms with Crippen LogP contribution in [0, 0.1) is 18.8 Å². The fraction of sp³-hybridized carbons (Fsp3) is 0.700. The first-order valence-electron chi connectivity index (χ1n) is 9.80. The number of fused-ring (bicyclic) bond motifs is 2. The van der Waals surface area contributed by atoms with E-state index in [1.54, 1.807) is 19.1 Å². The molecule has 2 unspecified atom stereocenters. The number of halogens is 1. The number of hydrogen-bond donors (Lipinski definition) is 0. The molecule has 1 aromatic rings. The Balaban J connectivity index is 1.46. The Kier molecular flexibility index (Phi) is 4.99. The van der Waals surface area contributed by atoms with Crippen LogP contribution in [0.15, 0.2) is 17.0 Å². The highest BCUT2D eigenvalue weighted by atomic mass is 35.5. The van der Waals surface area contributed by atoms with Crippen LogP contribution in [0.2, 0.25) is 5.02 Å². The van der Waals surface area contributed by atoms with Crippen LogP contribution < -0.4 is 4.90 Å². The van der Waals surface area contributed by atoms with Gasteiger partial charge in [0.25, 0.3) is 0 Å². The van der Waals surface area contributed by atoms with Crippen molar-refractivity contribution in [1.29, 1.82) is 0 Å². The predicted molar refractivity (Wildman–Crippen MR) is 107 cm³/mol. The lowest BCUT2D eigenvalue weighted by Crippen LogP contribution is -2.51. The van der Waals surface area contributed by atoms with E-state index in [1.165, 1.54) is 38.4 Å². The summed E-state index contributed by atoms with van der Waals surface area (Å²) in [5.74, 6) is 1.92. The van der Waals surface area contributed by atoms with Gasteiger partial charge in [-0.3, -0.25) is 4.90 Å². The molecule has 0 aromatic heterocycles. The van der Waals surface area contributed by atoms with E-state index in [1.807, 2.05) is 0 Å². The van der Waals surface area contributed by atoms with Crippen molar-refractivity contribution in [1.82, 2.24) is 4.90 Å². The molecule has 3 aliphatic rings. The van der Waals surface area contributed by atoms with E-state index in [4.69, 9.17) is 11.6 Å². The van der Waals surface area contributed by atoms with Crippen molar-refractivity contribution in [2.45, 2.75) is 50.0 Å². The molecule has 2 saturated carbocycles. The second kappa shape index (κ2) is 6.99. The lowest BCUT2D eigenvalue weighted by Gasteiger charge is -2.43. The van der Waals surface area contributed by atoms with Crippen molar-refractivity contribution < 1.29 is 8.42 Å². The summed E-state index contributed by atoms with van der Waals surface area (Å²) in [6.45, 7) is 5.72. The number of hydrogen-bond acceptors (Lipinski definition) is 4. The Bertz CT molecular complexity index is 775. The van der Waals surface area contributed by atoms with Gasteiger partial charge in [-0.2, -0.15) is 0 Å². The molecular weight excluding hydrogens is 368 g/mol. The van der Waals surface area contributed by atoms with Crippen molar-refractivity contribution in [3.05, 3.63) is 22.7 Å². The van der Waals surface area contributed by atoms with Crippen LogP contribution in [0.1, 0.15) is 37.7 Å². The van der Waals surface area contributed by atoms with Crippen molar-refractivity contribution in [3.63, 3.8) is 0 Å². The van der Waals surface area contributed by atoms with Gasteiger partial charge in [-0.25, -0.2) is 8.42 Å². The molecule has 0 amide bonds. The Morgan fingerprint density at radius 3 is 2.19 bits per heavy atom. The third-order valence-electron chi connectivity index (χ3n) is 6.68. The molecule has 1 aliphatic heterocycles. The zero-order valence-corrected chi connectivity index (χ0v) is 17.3. The minimum atomic E-state index is -3.24. The highest BCUT2D eigenvalue weighted by Crippen LogP contribution is 2.43. The van der Waals surface area contributed by atoms with Gasteiger partial charge in [-0.15, -0.1) is 0 Å². The number of piperazine rings is 1. The molecule has 6 heteroatoms. The van der Waals surface area contributed by atoms with Gasteiger partial charge in [0, 0.05) is 38.5 Å². The molecule has 1 saturated heterocycles. The van der Waals surface area contributed by atoms with E-state index < -0.39 is 9.84 Å². The van der Waals surface area contributed by atoms with Crippen LogP contribution >= 0.6 is 11.6 Å². The number of nitrogens with zero attached hydrogens (tertiary/aromatic N) is 2. The first kappa shape index (κ1) is 18.6. The van der Waals surface area contributed by atoms with E-state index in [0.717, 1.165) is 55.3 Å². The van der Waals surface area contributed by atoms with E-state index in [-0.39, 0.29) is 0 Å². The van der Waals surface area contributed by atoms with E-state index in [2.05, 4.69) is 9.80 Å². The van der Waals surface area contributed by atoms with Crippen LogP contribution in [0.4, 0.5) is 5.69 Å². The maximum atomic E-state index is 12.1. The van der Waals surface area contributed by atoms with E-state index >= 15 is 0 Å². The first-order valence-corrected chi connectivity index (χ1v) is 12.1. The summed E-state index contributed by atoms with van der Waals surface area (Å²) in [5, 5.41) is 0.652. The lowest BCUT2D eigenvalue weighted by molar-refractivity contribution is 0.119. The van der Waals surface area contributed by atoms with Crippen molar-refractivity contribution >= 4 is 27.1 Å². The molecule has 2 aliphatic carbocycles. The fourth-order valence-corrected chi connectivity index (χ4v) is 6.69. The number of rotatable bonds is 3. The quantitative estimate of drug-likeness (QED) is 0.780. The summed E-state index contributed by atoms with van der Waals surface area (Å²) >= 11 is 6.47. The topological polar surface area (TPSA) is 40.6 Å². The van der Waals surface area contributed by atoms with Gasteiger partial charge in [0.1, 0.15) is 0 Å². The van der Waals surface area contributed by atoms with Gasteiger partial charge in [0.15, 0.2) is 9.84 Å². The molecule has 4 nitrogen and oxygen atoms in total. The Morgan fingerprint density at radius 1 is 1.00 bits per heavy atom. The van der Waals surface area contributed by atoms with Gasteiger partial charge in [-0.1, -0.05) is 24.4 Å². The molecule has 3 fully saturated rings. The molecule has 2 atom stereocenters. The second-order valence-electron chi connectivity index (χ2n) is 8.53. The molecule has 4 rings (SSSR count). The standard InChI is InChI=1S/C20H29ClN2O2S/c1-14-9-18(21)19(13-20(14)26(2,24)25)23-7-5-22(6-8-23)17-11-15-3-4-16(10-15)12-17/h9,13,15-17H,3-8,10-12H2,1-2H3. The summed E-state index contributed by atoms with van der Waals surface area (Å²) in [6.07, 6.45) is 8.36.